The Morgan fingerprint density at radius 1 is 1.29 bits per heavy atom. The predicted octanol–water partition coefficient (Wildman–Crippen LogP) is 1.76. The Morgan fingerprint density at radius 3 is 2.41 bits per heavy atom. The lowest BCUT2D eigenvalue weighted by atomic mass is 10.2. The van der Waals surface area contributed by atoms with E-state index in [0.717, 1.165) is 38.8 Å². The molecule has 0 unspecified atom stereocenters. The molecule has 0 aliphatic heterocycles. The first-order valence-corrected chi connectivity index (χ1v) is 6.28. The highest BCUT2D eigenvalue weighted by Gasteiger charge is 2.12. The summed E-state index contributed by atoms with van der Waals surface area (Å²) in [5.41, 5.74) is 5.74. The minimum atomic E-state index is -0.256. The molecule has 96 valence electrons. The van der Waals surface area contributed by atoms with Crippen molar-refractivity contribution in [3.05, 3.63) is 16.7 Å². The quantitative estimate of drug-likeness (QED) is 0.759. The molecule has 0 saturated heterocycles. The molecule has 0 aromatic carbocycles. The van der Waals surface area contributed by atoms with Gasteiger partial charge in [0.25, 0.3) is 5.56 Å². The first-order chi connectivity index (χ1) is 8.20. The fraction of sp³-hybridized carbons (Fsp3) is 0.667. The van der Waals surface area contributed by atoms with Crippen molar-refractivity contribution >= 4 is 11.5 Å². The standard InChI is InChI=1S/C12H22N4O/c1-3-5-7-16(8-6-4-2)11-10(13)12(17)15-9-14-11/h9H,3-8,13H2,1-2H3,(H,14,15,17). The molecular weight excluding hydrogens is 216 g/mol. The highest BCUT2D eigenvalue weighted by Crippen LogP contribution is 2.16. The Kier molecular flexibility index (Phi) is 5.52. The van der Waals surface area contributed by atoms with Crippen LogP contribution in [-0.2, 0) is 0 Å². The number of aromatic amines is 1. The number of hydrogen-bond acceptors (Lipinski definition) is 4. The van der Waals surface area contributed by atoms with Crippen molar-refractivity contribution in [1.29, 1.82) is 0 Å². The summed E-state index contributed by atoms with van der Waals surface area (Å²) >= 11 is 0. The Balaban J connectivity index is 2.86. The molecule has 1 rings (SSSR count). The highest BCUT2D eigenvalue weighted by atomic mass is 16.1. The Labute approximate surface area is 102 Å². The predicted molar refractivity (Wildman–Crippen MR) is 71.3 cm³/mol. The van der Waals surface area contributed by atoms with Crippen LogP contribution in [0.25, 0.3) is 0 Å². The number of nitrogens with zero attached hydrogens (tertiary/aromatic N) is 2. The topological polar surface area (TPSA) is 75.0 Å². The molecule has 17 heavy (non-hydrogen) atoms. The smallest absolute Gasteiger partial charge is 0.276 e. The van der Waals surface area contributed by atoms with Crippen LogP contribution in [0.15, 0.2) is 11.1 Å². The largest absolute Gasteiger partial charge is 0.391 e. The van der Waals surface area contributed by atoms with E-state index in [2.05, 4.69) is 28.7 Å². The van der Waals surface area contributed by atoms with Gasteiger partial charge in [-0.15, -0.1) is 0 Å². The SMILES string of the molecule is CCCCN(CCCC)c1nc[nH]c(=O)c1N. The summed E-state index contributed by atoms with van der Waals surface area (Å²) in [7, 11) is 0. The number of nitrogens with one attached hydrogen (secondary N) is 1. The highest BCUT2D eigenvalue weighted by molar-refractivity contribution is 5.60. The van der Waals surface area contributed by atoms with Gasteiger partial charge in [0, 0.05) is 13.1 Å². The van der Waals surface area contributed by atoms with Crippen LogP contribution in [0.5, 0.6) is 0 Å². The molecule has 3 N–H and O–H groups in total. The summed E-state index contributed by atoms with van der Waals surface area (Å²) in [5.74, 6) is 0.621. The van der Waals surface area contributed by atoms with Gasteiger partial charge in [0.15, 0.2) is 5.82 Å². The van der Waals surface area contributed by atoms with Crippen molar-refractivity contribution in [2.24, 2.45) is 0 Å². The van der Waals surface area contributed by atoms with Crippen LogP contribution in [0.3, 0.4) is 0 Å². The van der Waals surface area contributed by atoms with E-state index < -0.39 is 0 Å². The van der Waals surface area contributed by atoms with Gasteiger partial charge in [-0.3, -0.25) is 4.79 Å². The van der Waals surface area contributed by atoms with Gasteiger partial charge in [0.1, 0.15) is 5.69 Å². The van der Waals surface area contributed by atoms with Gasteiger partial charge in [-0.1, -0.05) is 26.7 Å². The molecule has 1 heterocycles. The summed E-state index contributed by atoms with van der Waals surface area (Å²) in [6.07, 6.45) is 5.81. The molecule has 0 aliphatic carbocycles. The lowest BCUT2D eigenvalue weighted by Gasteiger charge is -2.24. The van der Waals surface area contributed by atoms with Gasteiger partial charge in [0.05, 0.1) is 6.33 Å². The van der Waals surface area contributed by atoms with E-state index in [4.69, 9.17) is 5.73 Å². The number of anilines is 2. The third kappa shape index (κ3) is 3.76. The van der Waals surface area contributed by atoms with Crippen molar-refractivity contribution in [2.45, 2.75) is 39.5 Å². The molecule has 0 amide bonds. The van der Waals surface area contributed by atoms with E-state index in [1.54, 1.807) is 0 Å². The molecule has 5 heteroatoms. The molecule has 0 spiro atoms. The lowest BCUT2D eigenvalue weighted by Crippen LogP contribution is -2.29. The van der Waals surface area contributed by atoms with E-state index in [1.807, 2.05) is 0 Å². The zero-order valence-electron chi connectivity index (χ0n) is 10.7. The zero-order chi connectivity index (χ0) is 12.7. The van der Waals surface area contributed by atoms with Crippen molar-refractivity contribution in [3.63, 3.8) is 0 Å². The third-order valence-electron chi connectivity index (χ3n) is 2.73. The Morgan fingerprint density at radius 2 is 1.88 bits per heavy atom. The Bertz CT molecular complexity index is 380. The molecule has 0 fully saturated rings. The van der Waals surface area contributed by atoms with E-state index in [1.165, 1.54) is 6.33 Å². The van der Waals surface area contributed by atoms with Crippen molar-refractivity contribution in [2.75, 3.05) is 23.7 Å². The van der Waals surface area contributed by atoms with Gasteiger partial charge >= 0.3 is 0 Å². The molecule has 5 nitrogen and oxygen atoms in total. The summed E-state index contributed by atoms with van der Waals surface area (Å²) in [4.78, 5) is 20.2. The van der Waals surface area contributed by atoms with Crippen LogP contribution in [0.2, 0.25) is 0 Å². The maximum absolute atomic E-state index is 11.4. The molecule has 0 saturated carbocycles. The lowest BCUT2D eigenvalue weighted by molar-refractivity contribution is 0.671. The monoisotopic (exact) mass is 238 g/mol. The van der Waals surface area contributed by atoms with E-state index >= 15 is 0 Å². The summed E-state index contributed by atoms with van der Waals surface area (Å²) in [6, 6.07) is 0. The number of aromatic nitrogens is 2. The third-order valence-corrected chi connectivity index (χ3v) is 2.73. The van der Waals surface area contributed by atoms with Crippen molar-refractivity contribution in [3.8, 4) is 0 Å². The van der Waals surface area contributed by atoms with E-state index in [0.29, 0.717) is 5.82 Å². The first kappa shape index (κ1) is 13.5. The summed E-state index contributed by atoms with van der Waals surface area (Å²) in [6.45, 7) is 6.09. The fourth-order valence-corrected chi connectivity index (χ4v) is 1.67. The molecule has 0 aliphatic rings. The van der Waals surface area contributed by atoms with Gasteiger partial charge in [-0.05, 0) is 12.8 Å². The number of H-pyrrole nitrogens is 1. The normalized spacial score (nSPS) is 10.5. The number of nitrogens with two attached hydrogens (primary N) is 1. The number of hydrogen-bond donors (Lipinski definition) is 2. The van der Waals surface area contributed by atoms with Gasteiger partial charge in [-0.2, -0.15) is 0 Å². The molecule has 0 bridgehead atoms. The summed E-state index contributed by atoms with van der Waals surface area (Å²) < 4.78 is 0. The van der Waals surface area contributed by atoms with Crippen LogP contribution >= 0.6 is 0 Å². The van der Waals surface area contributed by atoms with Crippen LogP contribution in [0.4, 0.5) is 11.5 Å². The van der Waals surface area contributed by atoms with Gasteiger partial charge < -0.3 is 15.6 Å². The molecule has 1 aromatic heterocycles. The molecule has 0 radical (unpaired) electrons. The van der Waals surface area contributed by atoms with Crippen molar-refractivity contribution < 1.29 is 0 Å². The minimum absolute atomic E-state index is 0.222. The zero-order valence-corrected chi connectivity index (χ0v) is 10.7. The second-order valence-corrected chi connectivity index (χ2v) is 4.16. The average Bonchev–Trinajstić information content (AvgIpc) is 2.34. The minimum Gasteiger partial charge on any atom is -0.391 e. The van der Waals surface area contributed by atoms with E-state index in [-0.39, 0.29) is 11.2 Å². The fourth-order valence-electron chi connectivity index (χ4n) is 1.67. The maximum Gasteiger partial charge on any atom is 0.276 e. The second-order valence-electron chi connectivity index (χ2n) is 4.16. The first-order valence-electron chi connectivity index (χ1n) is 6.28. The average molecular weight is 238 g/mol. The van der Waals surface area contributed by atoms with Gasteiger partial charge in [-0.25, -0.2) is 4.98 Å². The van der Waals surface area contributed by atoms with Crippen LogP contribution in [0.1, 0.15) is 39.5 Å². The van der Waals surface area contributed by atoms with Crippen LogP contribution in [-0.4, -0.2) is 23.1 Å². The van der Waals surface area contributed by atoms with Crippen LogP contribution in [0, 0.1) is 0 Å². The molecule has 1 aromatic rings. The van der Waals surface area contributed by atoms with Gasteiger partial charge in [0.2, 0.25) is 0 Å². The summed E-state index contributed by atoms with van der Waals surface area (Å²) in [5, 5.41) is 0. The molecule has 0 atom stereocenters. The second kappa shape index (κ2) is 6.93. The number of rotatable bonds is 7. The number of unbranched alkanes of at least 4 members (excludes halogenated alkanes) is 2. The molecular formula is C12H22N4O. The number of nitrogen functional groups attached to an aromatic ring is 1. The van der Waals surface area contributed by atoms with Crippen LogP contribution < -0.4 is 16.2 Å². The Hall–Kier alpha value is -1.52. The van der Waals surface area contributed by atoms with E-state index in [9.17, 15) is 4.79 Å². The van der Waals surface area contributed by atoms with Crippen molar-refractivity contribution in [1.82, 2.24) is 9.97 Å². The maximum atomic E-state index is 11.4.